The molecular weight excluding hydrogens is 264 g/mol. The molecule has 1 aromatic carbocycles. The lowest BCUT2D eigenvalue weighted by Gasteiger charge is -2.34. The molecule has 1 aliphatic rings. The van der Waals surface area contributed by atoms with Crippen LogP contribution in [0.2, 0.25) is 0 Å². The summed E-state index contributed by atoms with van der Waals surface area (Å²) in [5.74, 6) is 1.29. The number of nitrogens with two attached hydrogens (primary N) is 1. The number of ether oxygens (including phenoxy) is 1. The first kappa shape index (κ1) is 15.8. The molecule has 1 heterocycles. The number of hydrogen-bond acceptors (Lipinski definition) is 3. The highest BCUT2D eigenvalue weighted by Crippen LogP contribution is 2.23. The van der Waals surface area contributed by atoms with E-state index in [4.69, 9.17) is 10.5 Å². The van der Waals surface area contributed by atoms with Crippen LogP contribution in [-0.2, 0) is 4.79 Å². The molecule has 21 heavy (non-hydrogen) atoms. The van der Waals surface area contributed by atoms with Crippen LogP contribution in [0.15, 0.2) is 18.2 Å². The van der Waals surface area contributed by atoms with Crippen LogP contribution in [0.3, 0.4) is 0 Å². The first-order valence-electron chi connectivity index (χ1n) is 7.71. The predicted octanol–water partition coefficient (Wildman–Crippen LogP) is 2.27. The molecule has 0 unspecified atom stereocenters. The molecule has 1 saturated heterocycles. The molecule has 0 saturated carbocycles. The Hall–Kier alpha value is -1.55. The van der Waals surface area contributed by atoms with Crippen molar-refractivity contribution >= 4 is 5.91 Å². The van der Waals surface area contributed by atoms with E-state index in [1.807, 2.05) is 43.9 Å². The van der Waals surface area contributed by atoms with Crippen molar-refractivity contribution in [1.82, 2.24) is 4.90 Å². The molecule has 1 fully saturated rings. The van der Waals surface area contributed by atoms with Crippen LogP contribution in [0.1, 0.15) is 30.9 Å². The number of rotatable bonds is 4. The topological polar surface area (TPSA) is 55.6 Å². The van der Waals surface area contributed by atoms with Gasteiger partial charge in [-0.15, -0.1) is 0 Å². The maximum Gasteiger partial charge on any atom is 0.260 e. The third-order valence-electron chi connectivity index (χ3n) is 4.30. The second kappa shape index (κ2) is 6.94. The minimum absolute atomic E-state index is 0.0583. The second-order valence-corrected chi connectivity index (χ2v) is 6.11. The van der Waals surface area contributed by atoms with Gasteiger partial charge < -0.3 is 15.4 Å². The summed E-state index contributed by atoms with van der Waals surface area (Å²) in [5.41, 5.74) is 8.09. The Kier molecular flexibility index (Phi) is 5.23. The van der Waals surface area contributed by atoms with Crippen molar-refractivity contribution in [2.75, 3.05) is 19.7 Å². The number of carbonyl (C=O) groups is 1. The Bertz CT molecular complexity index is 479. The van der Waals surface area contributed by atoms with Gasteiger partial charge in [0.25, 0.3) is 5.91 Å². The van der Waals surface area contributed by atoms with E-state index in [0.717, 1.165) is 42.8 Å². The average molecular weight is 290 g/mol. The number of hydrogen-bond donors (Lipinski definition) is 1. The Balaban J connectivity index is 1.93. The van der Waals surface area contributed by atoms with Crippen LogP contribution >= 0.6 is 0 Å². The lowest BCUT2D eigenvalue weighted by atomic mass is 9.92. The summed E-state index contributed by atoms with van der Waals surface area (Å²) in [6.07, 6.45) is 2.14. The van der Waals surface area contributed by atoms with Crippen molar-refractivity contribution in [3.8, 4) is 5.75 Å². The fraction of sp³-hybridized carbons (Fsp3) is 0.588. The fourth-order valence-electron chi connectivity index (χ4n) is 2.92. The second-order valence-electron chi connectivity index (χ2n) is 6.11. The van der Waals surface area contributed by atoms with Crippen LogP contribution in [0.4, 0.5) is 0 Å². The SMILES string of the molecule is Cc1cccc(C)c1OCC(=O)N1CCC[C@H]([C@@H](C)N)C1. The molecule has 2 rings (SSSR count). The zero-order valence-corrected chi connectivity index (χ0v) is 13.3. The molecule has 2 N–H and O–H groups in total. The molecule has 0 spiro atoms. The largest absolute Gasteiger partial charge is 0.483 e. The van der Waals surface area contributed by atoms with Gasteiger partial charge in [0.2, 0.25) is 0 Å². The number of carbonyl (C=O) groups excluding carboxylic acids is 1. The standard InChI is InChI=1S/C17H26N2O2/c1-12-6-4-7-13(2)17(12)21-11-16(20)19-9-5-8-15(10-19)14(3)18/h4,6-7,14-15H,5,8-11,18H2,1-3H3/t14-,15+/m1/s1. The summed E-state index contributed by atoms with van der Waals surface area (Å²) in [5, 5.41) is 0. The number of benzene rings is 1. The lowest BCUT2D eigenvalue weighted by Crippen LogP contribution is -2.46. The average Bonchev–Trinajstić information content (AvgIpc) is 2.46. The van der Waals surface area contributed by atoms with E-state index in [2.05, 4.69) is 0 Å². The van der Waals surface area contributed by atoms with Crippen LogP contribution in [0.25, 0.3) is 0 Å². The van der Waals surface area contributed by atoms with Gasteiger partial charge in [-0.2, -0.15) is 0 Å². The normalized spacial score (nSPS) is 20.2. The van der Waals surface area contributed by atoms with Crippen molar-refractivity contribution in [3.63, 3.8) is 0 Å². The zero-order valence-electron chi connectivity index (χ0n) is 13.3. The zero-order chi connectivity index (χ0) is 15.4. The van der Waals surface area contributed by atoms with Crippen molar-refractivity contribution in [2.45, 2.75) is 39.7 Å². The van der Waals surface area contributed by atoms with E-state index in [-0.39, 0.29) is 18.6 Å². The maximum atomic E-state index is 12.3. The van der Waals surface area contributed by atoms with E-state index < -0.39 is 0 Å². The molecule has 4 heteroatoms. The van der Waals surface area contributed by atoms with Gasteiger partial charge in [0.05, 0.1) is 0 Å². The first-order valence-corrected chi connectivity index (χ1v) is 7.71. The Morgan fingerprint density at radius 3 is 2.71 bits per heavy atom. The molecule has 0 aromatic heterocycles. The predicted molar refractivity (Wildman–Crippen MR) is 84.4 cm³/mol. The number of nitrogens with zero attached hydrogens (tertiary/aromatic N) is 1. The summed E-state index contributed by atoms with van der Waals surface area (Å²) in [6, 6.07) is 6.14. The van der Waals surface area contributed by atoms with Crippen LogP contribution in [0.5, 0.6) is 5.75 Å². The summed E-state index contributed by atoms with van der Waals surface area (Å²) in [7, 11) is 0. The molecule has 116 valence electrons. The molecule has 4 nitrogen and oxygen atoms in total. The third kappa shape index (κ3) is 3.97. The number of likely N-dealkylation sites (tertiary alicyclic amines) is 1. The minimum atomic E-state index is 0.0583. The van der Waals surface area contributed by atoms with Crippen molar-refractivity contribution in [3.05, 3.63) is 29.3 Å². The van der Waals surface area contributed by atoms with Crippen LogP contribution in [-0.4, -0.2) is 36.5 Å². The number of amides is 1. The summed E-state index contributed by atoms with van der Waals surface area (Å²) in [4.78, 5) is 14.2. The molecule has 1 amide bonds. The highest BCUT2D eigenvalue weighted by atomic mass is 16.5. The van der Waals surface area contributed by atoms with Gasteiger partial charge in [0.15, 0.2) is 6.61 Å². The molecule has 0 radical (unpaired) electrons. The van der Waals surface area contributed by atoms with Crippen molar-refractivity contribution < 1.29 is 9.53 Å². The van der Waals surface area contributed by atoms with Gasteiger partial charge in [-0.3, -0.25) is 4.79 Å². The Labute approximate surface area is 127 Å². The maximum absolute atomic E-state index is 12.3. The van der Waals surface area contributed by atoms with Gasteiger partial charge in [-0.25, -0.2) is 0 Å². The molecule has 1 aliphatic heterocycles. The highest BCUT2D eigenvalue weighted by Gasteiger charge is 2.26. The number of piperidine rings is 1. The van der Waals surface area contributed by atoms with E-state index in [1.165, 1.54) is 0 Å². The van der Waals surface area contributed by atoms with Gasteiger partial charge in [0, 0.05) is 19.1 Å². The first-order chi connectivity index (χ1) is 9.99. The summed E-state index contributed by atoms with van der Waals surface area (Å²) in [6.45, 7) is 7.70. The molecular formula is C17H26N2O2. The smallest absolute Gasteiger partial charge is 0.260 e. The van der Waals surface area contributed by atoms with Gasteiger partial charge in [0.1, 0.15) is 5.75 Å². The minimum Gasteiger partial charge on any atom is -0.483 e. The van der Waals surface area contributed by atoms with Gasteiger partial charge in [-0.1, -0.05) is 18.2 Å². The Morgan fingerprint density at radius 1 is 1.43 bits per heavy atom. The lowest BCUT2D eigenvalue weighted by molar-refractivity contribution is -0.135. The Morgan fingerprint density at radius 2 is 2.10 bits per heavy atom. The monoisotopic (exact) mass is 290 g/mol. The van der Waals surface area contributed by atoms with E-state index >= 15 is 0 Å². The van der Waals surface area contributed by atoms with E-state index in [1.54, 1.807) is 0 Å². The quantitative estimate of drug-likeness (QED) is 0.925. The number of para-hydroxylation sites is 1. The highest BCUT2D eigenvalue weighted by molar-refractivity contribution is 5.78. The summed E-state index contributed by atoms with van der Waals surface area (Å²) >= 11 is 0. The van der Waals surface area contributed by atoms with Crippen LogP contribution in [0, 0.1) is 19.8 Å². The fourth-order valence-corrected chi connectivity index (χ4v) is 2.92. The van der Waals surface area contributed by atoms with Gasteiger partial charge >= 0.3 is 0 Å². The van der Waals surface area contributed by atoms with Crippen molar-refractivity contribution in [2.24, 2.45) is 11.7 Å². The summed E-state index contributed by atoms with van der Waals surface area (Å²) < 4.78 is 5.76. The van der Waals surface area contributed by atoms with Crippen LogP contribution < -0.4 is 10.5 Å². The molecule has 0 aliphatic carbocycles. The van der Waals surface area contributed by atoms with Gasteiger partial charge in [-0.05, 0) is 50.7 Å². The van der Waals surface area contributed by atoms with Crippen molar-refractivity contribution in [1.29, 1.82) is 0 Å². The number of aryl methyl sites for hydroxylation is 2. The van der Waals surface area contributed by atoms with E-state index in [0.29, 0.717) is 5.92 Å². The molecule has 0 bridgehead atoms. The molecule has 1 aromatic rings. The third-order valence-corrected chi connectivity index (χ3v) is 4.30. The molecule has 2 atom stereocenters. The van der Waals surface area contributed by atoms with E-state index in [9.17, 15) is 4.79 Å².